The van der Waals surface area contributed by atoms with Crippen LogP contribution in [0.4, 0.5) is 0 Å². The Balaban J connectivity index is 3.39. The first kappa shape index (κ1) is 9.24. The number of hydrogen-bond donors (Lipinski definition) is 0. The van der Waals surface area contributed by atoms with E-state index in [1.54, 1.807) is 6.07 Å². The standard InChI is InChI=1S/C7H2Br3N/c8-5-1-4(3-11)7(10)6(9)2-5/h1-2H. The Hall–Kier alpha value is 0.150. The van der Waals surface area contributed by atoms with Gasteiger partial charge in [-0.05, 0) is 44.0 Å². The predicted molar refractivity (Wildman–Crippen MR) is 54.3 cm³/mol. The highest BCUT2D eigenvalue weighted by atomic mass is 79.9. The maximum atomic E-state index is 8.65. The fraction of sp³-hybridized carbons (Fsp3) is 0. The van der Waals surface area contributed by atoms with Crippen LogP contribution >= 0.6 is 47.8 Å². The van der Waals surface area contributed by atoms with Crippen molar-refractivity contribution in [3.05, 3.63) is 31.1 Å². The lowest BCUT2D eigenvalue weighted by atomic mass is 10.2. The number of halogens is 3. The molecule has 1 rings (SSSR count). The Labute approximate surface area is 89.8 Å². The third kappa shape index (κ3) is 2.05. The van der Waals surface area contributed by atoms with E-state index < -0.39 is 0 Å². The Morgan fingerprint density at radius 1 is 1.18 bits per heavy atom. The molecule has 0 aliphatic carbocycles. The van der Waals surface area contributed by atoms with Crippen LogP contribution in [0.25, 0.3) is 0 Å². The zero-order valence-corrected chi connectivity index (χ0v) is 9.99. The monoisotopic (exact) mass is 337 g/mol. The van der Waals surface area contributed by atoms with Crippen molar-refractivity contribution in [2.75, 3.05) is 0 Å². The van der Waals surface area contributed by atoms with Crippen LogP contribution in [0.1, 0.15) is 5.56 Å². The lowest BCUT2D eigenvalue weighted by Gasteiger charge is -1.98. The van der Waals surface area contributed by atoms with E-state index in [0.717, 1.165) is 13.4 Å². The SMILES string of the molecule is N#Cc1cc(Br)cc(Br)c1Br. The molecule has 0 aromatic heterocycles. The van der Waals surface area contributed by atoms with Gasteiger partial charge in [0.25, 0.3) is 0 Å². The summed E-state index contributed by atoms with van der Waals surface area (Å²) in [5, 5.41) is 8.65. The van der Waals surface area contributed by atoms with Crippen molar-refractivity contribution >= 4 is 47.8 Å². The second-order valence-corrected chi connectivity index (χ2v) is 4.42. The molecule has 1 nitrogen and oxygen atoms in total. The van der Waals surface area contributed by atoms with E-state index in [1.807, 2.05) is 6.07 Å². The van der Waals surface area contributed by atoms with Gasteiger partial charge in [-0.1, -0.05) is 15.9 Å². The minimum absolute atomic E-state index is 0.617. The van der Waals surface area contributed by atoms with E-state index >= 15 is 0 Å². The first-order valence-corrected chi connectivity index (χ1v) is 5.07. The minimum Gasteiger partial charge on any atom is -0.192 e. The van der Waals surface area contributed by atoms with Gasteiger partial charge < -0.3 is 0 Å². The number of hydrogen-bond acceptors (Lipinski definition) is 1. The molecule has 0 bridgehead atoms. The molecule has 0 heterocycles. The second kappa shape index (κ2) is 3.70. The Bertz CT molecular complexity index is 327. The summed E-state index contributed by atoms with van der Waals surface area (Å²) in [5.41, 5.74) is 0.617. The van der Waals surface area contributed by atoms with Crippen LogP contribution in [0, 0.1) is 11.3 Å². The summed E-state index contributed by atoms with van der Waals surface area (Å²) in [4.78, 5) is 0. The van der Waals surface area contributed by atoms with Crippen molar-refractivity contribution in [1.82, 2.24) is 0 Å². The fourth-order valence-corrected chi connectivity index (χ4v) is 2.18. The molecule has 0 aliphatic heterocycles. The van der Waals surface area contributed by atoms with Crippen LogP contribution < -0.4 is 0 Å². The molecule has 0 amide bonds. The molecule has 0 spiro atoms. The zero-order valence-electron chi connectivity index (χ0n) is 5.24. The first-order valence-electron chi connectivity index (χ1n) is 2.70. The molecule has 0 fully saturated rings. The topological polar surface area (TPSA) is 23.8 Å². The van der Waals surface area contributed by atoms with Crippen LogP contribution in [-0.4, -0.2) is 0 Å². The molecule has 0 radical (unpaired) electrons. The van der Waals surface area contributed by atoms with Gasteiger partial charge in [-0.3, -0.25) is 0 Å². The van der Waals surface area contributed by atoms with Gasteiger partial charge in [0, 0.05) is 13.4 Å². The molecular formula is C7H2Br3N. The lowest BCUT2D eigenvalue weighted by Crippen LogP contribution is -1.78. The maximum absolute atomic E-state index is 8.65. The molecule has 0 N–H and O–H groups in total. The van der Waals surface area contributed by atoms with Gasteiger partial charge >= 0.3 is 0 Å². The second-order valence-electron chi connectivity index (χ2n) is 1.86. The van der Waals surface area contributed by atoms with Gasteiger partial charge in [0.05, 0.1) is 5.56 Å². The van der Waals surface area contributed by atoms with Crippen molar-refractivity contribution in [2.24, 2.45) is 0 Å². The Kier molecular flexibility index (Phi) is 3.11. The first-order chi connectivity index (χ1) is 5.15. The summed E-state index contributed by atoms with van der Waals surface area (Å²) < 4.78 is 2.57. The highest BCUT2D eigenvalue weighted by Crippen LogP contribution is 2.29. The van der Waals surface area contributed by atoms with E-state index in [1.165, 1.54) is 0 Å². The van der Waals surface area contributed by atoms with Crippen molar-refractivity contribution in [2.45, 2.75) is 0 Å². The molecule has 11 heavy (non-hydrogen) atoms. The number of benzene rings is 1. The third-order valence-electron chi connectivity index (χ3n) is 1.11. The van der Waals surface area contributed by atoms with Gasteiger partial charge in [0.2, 0.25) is 0 Å². The van der Waals surface area contributed by atoms with Crippen LogP contribution in [0.15, 0.2) is 25.6 Å². The Morgan fingerprint density at radius 2 is 1.82 bits per heavy atom. The molecule has 4 heteroatoms. The van der Waals surface area contributed by atoms with Gasteiger partial charge in [0.1, 0.15) is 6.07 Å². The molecule has 1 aromatic rings. The number of nitriles is 1. The largest absolute Gasteiger partial charge is 0.192 e. The van der Waals surface area contributed by atoms with E-state index in [2.05, 4.69) is 53.9 Å². The third-order valence-corrected chi connectivity index (χ3v) is 3.58. The smallest absolute Gasteiger partial charge is 0.100 e. The molecule has 0 saturated heterocycles. The fourth-order valence-electron chi connectivity index (χ4n) is 0.637. The highest BCUT2D eigenvalue weighted by Gasteiger charge is 2.03. The lowest BCUT2D eigenvalue weighted by molar-refractivity contribution is 1.44. The normalized spacial score (nSPS) is 9.27. The van der Waals surface area contributed by atoms with Crippen molar-refractivity contribution in [3.8, 4) is 6.07 Å². The van der Waals surface area contributed by atoms with Crippen LogP contribution in [0.2, 0.25) is 0 Å². The summed E-state index contributed by atoms with van der Waals surface area (Å²) in [7, 11) is 0. The van der Waals surface area contributed by atoms with E-state index in [9.17, 15) is 0 Å². The predicted octanol–water partition coefficient (Wildman–Crippen LogP) is 3.85. The maximum Gasteiger partial charge on any atom is 0.100 e. The molecule has 0 atom stereocenters. The molecule has 1 aromatic carbocycles. The van der Waals surface area contributed by atoms with E-state index in [4.69, 9.17) is 5.26 Å². The van der Waals surface area contributed by atoms with E-state index in [0.29, 0.717) is 5.56 Å². The van der Waals surface area contributed by atoms with Crippen LogP contribution in [0.5, 0.6) is 0 Å². The van der Waals surface area contributed by atoms with Gasteiger partial charge in [0.15, 0.2) is 0 Å². The quantitative estimate of drug-likeness (QED) is 0.659. The molecule has 0 aliphatic rings. The van der Waals surface area contributed by atoms with Gasteiger partial charge in [-0.2, -0.15) is 5.26 Å². The molecule has 56 valence electrons. The molecular weight excluding hydrogens is 338 g/mol. The Morgan fingerprint density at radius 3 is 2.36 bits per heavy atom. The number of rotatable bonds is 0. The summed E-state index contributed by atoms with van der Waals surface area (Å²) in [6.07, 6.45) is 0. The highest BCUT2D eigenvalue weighted by molar-refractivity contribution is 9.13. The van der Waals surface area contributed by atoms with E-state index in [-0.39, 0.29) is 0 Å². The van der Waals surface area contributed by atoms with Gasteiger partial charge in [-0.15, -0.1) is 0 Å². The summed E-state index contributed by atoms with van der Waals surface area (Å²) in [5.74, 6) is 0. The van der Waals surface area contributed by atoms with Crippen molar-refractivity contribution in [3.63, 3.8) is 0 Å². The van der Waals surface area contributed by atoms with Crippen LogP contribution in [0.3, 0.4) is 0 Å². The molecule has 0 unspecified atom stereocenters. The van der Waals surface area contributed by atoms with Crippen LogP contribution in [-0.2, 0) is 0 Å². The average molecular weight is 340 g/mol. The number of nitrogens with zero attached hydrogens (tertiary/aromatic N) is 1. The van der Waals surface area contributed by atoms with Crippen molar-refractivity contribution < 1.29 is 0 Å². The summed E-state index contributed by atoms with van der Waals surface area (Å²) >= 11 is 9.88. The van der Waals surface area contributed by atoms with Crippen molar-refractivity contribution in [1.29, 1.82) is 5.26 Å². The van der Waals surface area contributed by atoms with Gasteiger partial charge in [-0.25, -0.2) is 0 Å². The minimum atomic E-state index is 0.617. The average Bonchev–Trinajstić information content (AvgIpc) is 1.96. The summed E-state index contributed by atoms with van der Waals surface area (Å²) in [6, 6.07) is 5.71. The molecule has 0 saturated carbocycles. The summed E-state index contributed by atoms with van der Waals surface area (Å²) in [6.45, 7) is 0. The zero-order chi connectivity index (χ0) is 8.43.